The summed E-state index contributed by atoms with van der Waals surface area (Å²) in [5.74, 6) is 0.452. The van der Waals surface area contributed by atoms with E-state index in [-0.39, 0.29) is 0 Å². The lowest BCUT2D eigenvalue weighted by Crippen LogP contribution is -2.48. The molecule has 0 radical (unpaired) electrons. The highest BCUT2D eigenvalue weighted by Crippen LogP contribution is 2.23. The van der Waals surface area contributed by atoms with E-state index in [2.05, 4.69) is 17.1 Å². The molecule has 3 nitrogen and oxygen atoms in total. The van der Waals surface area contributed by atoms with Gasteiger partial charge in [-0.1, -0.05) is 18.2 Å². The molecule has 0 amide bonds. The number of piperazine rings is 1. The average Bonchev–Trinajstić information content (AvgIpc) is 2.25. The summed E-state index contributed by atoms with van der Waals surface area (Å²) in [5, 5.41) is 13.4. The zero-order valence-corrected chi connectivity index (χ0v) is 10.0. The quantitative estimate of drug-likeness (QED) is 0.792. The number of hydrogen-bond donors (Lipinski definition) is 2. The number of nitrogens with zero attached hydrogens (tertiary/aromatic N) is 1. The molecular weight excluding hydrogens is 200 g/mol. The van der Waals surface area contributed by atoms with Gasteiger partial charge in [0, 0.05) is 37.8 Å². The highest BCUT2D eigenvalue weighted by molar-refractivity contribution is 5.39. The van der Waals surface area contributed by atoms with Crippen molar-refractivity contribution in [3.8, 4) is 5.75 Å². The molecule has 1 fully saturated rings. The molecule has 0 aromatic heterocycles. The first-order valence-electron chi connectivity index (χ1n) is 5.90. The molecule has 0 bridgehead atoms. The van der Waals surface area contributed by atoms with E-state index in [1.54, 1.807) is 0 Å². The lowest BCUT2D eigenvalue weighted by molar-refractivity contribution is 0.198. The van der Waals surface area contributed by atoms with Crippen molar-refractivity contribution in [2.75, 3.05) is 19.6 Å². The first kappa shape index (κ1) is 11.4. The SMILES string of the molecule is Cc1cccc(CN2CCNC(C)C2)c1O. The van der Waals surface area contributed by atoms with Crippen LogP contribution < -0.4 is 5.32 Å². The number of rotatable bonds is 2. The number of aryl methyl sites for hydroxylation is 1. The Morgan fingerprint density at radius 3 is 3.06 bits per heavy atom. The molecule has 2 N–H and O–H groups in total. The zero-order valence-electron chi connectivity index (χ0n) is 10.0. The van der Waals surface area contributed by atoms with Gasteiger partial charge >= 0.3 is 0 Å². The fourth-order valence-electron chi connectivity index (χ4n) is 2.24. The van der Waals surface area contributed by atoms with Crippen LogP contribution in [0.3, 0.4) is 0 Å². The van der Waals surface area contributed by atoms with Crippen LogP contribution in [0.2, 0.25) is 0 Å². The molecule has 1 aliphatic rings. The number of phenolic OH excluding ortho intramolecular Hbond substituents is 1. The van der Waals surface area contributed by atoms with Gasteiger partial charge in [-0.2, -0.15) is 0 Å². The summed E-state index contributed by atoms with van der Waals surface area (Å²) in [4.78, 5) is 2.38. The van der Waals surface area contributed by atoms with E-state index in [4.69, 9.17) is 0 Å². The Bertz CT molecular complexity index is 365. The summed E-state index contributed by atoms with van der Waals surface area (Å²) in [6.45, 7) is 8.12. The zero-order chi connectivity index (χ0) is 11.5. The highest BCUT2D eigenvalue weighted by atomic mass is 16.3. The number of para-hydroxylation sites is 1. The van der Waals surface area contributed by atoms with Gasteiger partial charge in [-0.05, 0) is 19.4 Å². The summed E-state index contributed by atoms with van der Waals surface area (Å²) in [7, 11) is 0. The van der Waals surface area contributed by atoms with Crippen LogP contribution in [0.5, 0.6) is 5.75 Å². The minimum atomic E-state index is 0.452. The normalized spacial score (nSPS) is 22.2. The molecule has 1 heterocycles. The largest absolute Gasteiger partial charge is 0.507 e. The van der Waals surface area contributed by atoms with Crippen LogP contribution >= 0.6 is 0 Å². The Morgan fingerprint density at radius 1 is 1.50 bits per heavy atom. The van der Waals surface area contributed by atoms with Gasteiger partial charge in [-0.15, -0.1) is 0 Å². The number of nitrogens with one attached hydrogen (secondary N) is 1. The minimum Gasteiger partial charge on any atom is -0.507 e. The molecule has 1 aromatic carbocycles. The fraction of sp³-hybridized carbons (Fsp3) is 0.538. The van der Waals surface area contributed by atoms with Gasteiger partial charge in [0.05, 0.1) is 0 Å². The van der Waals surface area contributed by atoms with Gasteiger partial charge < -0.3 is 10.4 Å². The lowest BCUT2D eigenvalue weighted by Gasteiger charge is -2.32. The Kier molecular flexibility index (Phi) is 3.46. The van der Waals surface area contributed by atoms with E-state index in [0.29, 0.717) is 11.8 Å². The predicted molar refractivity (Wildman–Crippen MR) is 65.6 cm³/mol. The third kappa shape index (κ3) is 2.54. The fourth-order valence-corrected chi connectivity index (χ4v) is 2.24. The van der Waals surface area contributed by atoms with Gasteiger partial charge in [0.2, 0.25) is 0 Å². The van der Waals surface area contributed by atoms with Crippen LogP contribution in [0, 0.1) is 6.92 Å². The van der Waals surface area contributed by atoms with Crippen LogP contribution in [-0.4, -0.2) is 35.7 Å². The van der Waals surface area contributed by atoms with Crippen molar-refractivity contribution in [2.24, 2.45) is 0 Å². The second-order valence-corrected chi connectivity index (χ2v) is 4.67. The number of phenols is 1. The monoisotopic (exact) mass is 220 g/mol. The summed E-state index contributed by atoms with van der Waals surface area (Å²) >= 11 is 0. The Hall–Kier alpha value is -1.06. The molecule has 1 atom stereocenters. The molecule has 2 rings (SSSR count). The molecule has 1 saturated heterocycles. The summed E-state index contributed by atoms with van der Waals surface area (Å²) in [6, 6.07) is 6.50. The van der Waals surface area contributed by atoms with E-state index in [0.717, 1.165) is 37.3 Å². The van der Waals surface area contributed by atoms with Crippen molar-refractivity contribution in [2.45, 2.75) is 26.4 Å². The second kappa shape index (κ2) is 4.85. The average molecular weight is 220 g/mol. The smallest absolute Gasteiger partial charge is 0.122 e. The number of aromatic hydroxyl groups is 1. The maximum atomic E-state index is 9.95. The van der Waals surface area contributed by atoms with E-state index >= 15 is 0 Å². The van der Waals surface area contributed by atoms with Crippen molar-refractivity contribution in [3.63, 3.8) is 0 Å². The minimum absolute atomic E-state index is 0.452. The summed E-state index contributed by atoms with van der Waals surface area (Å²) in [5.41, 5.74) is 2.00. The third-order valence-corrected chi connectivity index (χ3v) is 3.17. The topological polar surface area (TPSA) is 35.5 Å². The van der Waals surface area contributed by atoms with Crippen molar-refractivity contribution < 1.29 is 5.11 Å². The van der Waals surface area contributed by atoms with Crippen LogP contribution in [-0.2, 0) is 6.54 Å². The first-order valence-corrected chi connectivity index (χ1v) is 5.90. The molecular formula is C13H20N2O. The molecule has 1 unspecified atom stereocenters. The van der Waals surface area contributed by atoms with E-state index < -0.39 is 0 Å². The molecule has 16 heavy (non-hydrogen) atoms. The lowest BCUT2D eigenvalue weighted by atomic mass is 10.1. The van der Waals surface area contributed by atoms with Crippen LogP contribution in [0.15, 0.2) is 18.2 Å². The Balaban J connectivity index is 2.05. The van der Waals surface area contributed by atoms with E-state index in [1.165, 1.54) is 0 Å². The van der Waals surface area contributed by atoms with Gasteiger partial charge in [0.1, 0.15) is 5.75 Å². The van der Waals surface area contributed by atoms with Crippen LogP contribution in [0.25, 0.3) is 0 Å². The highest BCUT2D eigenvalue weighted by Gasteiger charge is 2.16. The molecule has 3 heteroatoms. The van der Waals surface area contributed by atoms with Crippen molar-refractivity contribution in [1.82, 2.24) is 10.2 Å². The number of benzene rings is 1. The molecule has 88 valence electrons. The molecule has 0 saturated carbocycles. The number of hydrogen-bond acceptors (Lipinski definition) is 3. The van der Waals surface area contributed by atoms with E-state index in [1.807, 2.05) is 25.1 Å². The van der Waals surface area contributed by atoms with Crippen molar-refractivity contribution in [1.29, 1.82) is 0 Å². The van der Waals surface area contributed by atoms with Gasteiger partial charge in [0.15, 0.2) is 0 Å². The predicted octanol–water partition coefficient (Wildman–Crippen LogP) is 1.49. The first-order chi connectivity index (χ1) is 7.66. The standard InChI is InChI=1S/C13H20N2O/c1-10-4-3-5-12(13(10)16)9-15-7-6-14-11(2)8-15/h3-5,11,14,16H,6-9H2,1-2H3. The van der Waals surface area contributed by atoms with Crippen LogP contribution in [0.1, 0.15) is 18.1 Å². The van der Waals surface area contributed by atoms with Crippen LogP contribution in [0.4, 0.5) is 0 Å². The van der Waals surface area contributed by atoms with Gasteiger partial charge in [-0.3, -0.25) is 4.90 Å². The van der Waals surface area contributed by atoms with Gasteiger partial charge in [0.25, 0.3) is 0 Å². The third-order valence-electron chi connectivity index (χ3n) is 3.17. The summed E-state index contributed by atoms with van der Waals surface area (Å²) in [6.07, 6.45) is 0. The maximum Gasteiger partial charge on any atom is 0.122 e. The Labute approximate surface area is 97.1 Å². The molecule has 0 spiro atoms. The molecule has 1 aromatic rings. The van der Waals surface area contributed by atoms with E-state index in [9.17, 15) is 5.11 Å². The Morgan fingerprint density at radius 2 is 2.31 bits per heavy atom. The van der Waals surface area contributed by atoms with Gasteiger partial charge in [-0.25, -0.2) is 0 Å². The summed E-state index contributed by atoms with van der Waals surface area (Å²) < 4.78 is 0. The molecule has 0 aliphatic carbocycles. The van der Waals surface area contributed by atoms with Crippen molar-refractivity contribution in [3.05, 3.63) is 29.3 Å². The van der Waals surface area contributed by atoms with Crippen molar-refractivity contribution >= 4 is 0 Å². The molecule has 1 aliphatic heterocycles. The maximum absolute atomic E-state index is 9.95. The second-order valence-electron chi connectivity index (χ2n) is 4.67.